The van der Waals surface area contributed by atoms with Crippen LogP contribution in [0.25, 0.3) is 0 Å². The van der Waals surface area contributed by atoms with E-state index in [4.69, 9.17) is 4.74 Å². The van der Waals surface area contributed by atoms with Gasteiger partial charge in [-0.3, -0.25) is 0 Å². The van der Waals surface area contributed by atoms with Crippen molar-refractivity contribution in [1.82, 2.24) is 10.3 Å². The average Bonchev–Trinajstić information content (AvgIpc) is 3.20. The maximum absolute atomic E-state index is 6.37. The summed E-state index contributed by atoms with van der Waals surface area (Å²) in [4.78, 5) is 6.98. The van der Waals surface area contributed by atoms with Gasteiger partial charge in [0.15, 0.2) is 0 Å². The van der Waals surface area contributed by atoms with Gasteiger partial charge in [-0.05, 0) is 55.9 Å². The number of hydrogen-bond donors (Lipinski definition) is 1. The number of nitrogens with zero attached hydrogens (tertiary/aromatic N) is 2. The van der Waals surface area contributed by atoms with Crippen molar-refractivity contribution in [2.45, 2.75) is 56.7 Å². The Balaban J connectivity index is 1.32. The minimum atomic E-state index is 0.0744. The van der Waals surface area contributed by atoms with Crippen LogP contribution in [0.2, 0.25) is 0 Å². The lowest BCUT2D eigenvalue weighted by atomic mass is 9.73. The summed E-state index contributed by atoms with van der Waals surface area (Å²) in [5.74, 6) is 2.20. The van der Waals surface area contributed by atoms with E-state index >= 15 is 0 Å². The highest BCUT2D eigenvalue weighted by molar-refractivity contribution is 5.42. The molecule has 2 aromatic rings. The number of para-hydroxylation sites is 1. The van der Waals surface area contributed by atoms with Gasteiger partial charge in [-0.2, -0.15) is 0 Å². The van der Waals surface area contributed by atoms with Crippen molar-refractivity contribution in [2.75, 3.05) is 18.0 Å². The van der Waals surface area contributed by atoms with Crippen molar-refractivity contribution in [3.05, 3.63) is 53.7 Å². The van der Waals surface area contributed by atoms with Crippen LogP contribution in [-0.4, -0.2) is 23.7 Å². The zero-order valence-corrected chi connectivity index (χ0v) is 15.3. The number of ether oxygens (including phenoxy) is 1. The Labute approximate surface area is 155 Å². The van der Waals surface area contributed by atoms with Crippen LogP contribution < -0.4 is 15.0 Å². The van der Waals surface area contributed by atoms with Crippen LogP contribution in [0.15, 0.2) is 42.6 Å². The zero-order chi connectivity index (χ0) is 17.4. The second-order valence-corrected chi connectivity index (χ2v) is 8.03. The quantitative estimate of drug-likeness (QED) is 0.897. The van der Waals surface area contributed by atoms with Crippen LogP contribution >= 0.6 is 0 Å². The van der Waals surface area contributed by atoms with E-state index in [1.807, 2.05) is 6.20 Å². The SMILES string of the molecule is c1ccc2c(c1)OC1(CCC1)CC2NCc1ccnc(N2CCCC2)c1. The van der Waals surface area contributed by atoms with E-state index in [9.17, 15) is 0 Å². The molecule has 0 bridgehead atoms. The lowest BCUT2D eigenvalue weighted by Crippen LogP contribution is -2.49. The van der Waals surface area contributed by atoms with Gasteiger partial charge in [0.2, 0.25) is 0 Å². The molecule has 1 saturated carbocycles. The number of benzene rings is 1. The Morgan fingerprint density at radius 1 is 1.12 bits per heavy atom. The first-order chi connectivity index (χ1) is 12.8. The van der Waals surface area contributed by atoms with E-state index in [0.717, 1.165) is 37.6 Å². The maximum atomic E-state index is 6.37. The Bertz CT molecular complexity index is 780. The monoisotopic (exact) mass is 349 g/mol. The Hall–Kier alpha value is -2.07. The summed E-state index contributed by atoms with van der Waals surface area (Å²) in [6, 6.07) is 13.3. The molecule has 0 radical (unpaired) electrons. The third kappa shape index (κ3) is 2.96. The molecule has 1 aromatic carbocycles. The molecule has 1 saturated heterocycles. The van der Waals surface area contributed by atoms with Gasteiger partial charge in [0, 0.05) is 43.9 Å². The summed E-state index contributed by atoms with van der Waals surface area (Å²) in [6.07, 6.45) is 9.26. The number of fused-ring (bicyclic) bond motifs is 1. The summed E-state index contributed by atoms with van der Waals surface area (Å²) in [5, 5.41) is 3.81. The molecule has 4 nitrogen and oxygen atoms in total. The van der Waals surface area contributed by atoms with Crippen molar-refractivity contribution in [1.29, 1.82) is 0 Å². The molecule has 3 aliphatic rings. The molecule has 26 heavy (non-hydrogen) atoms. The number of hydrogen-bond acceptors (Lipinski definition) is 4. The zero-order valence-electron chi connectivity index (χ0n) is 15.3. The first-order valence-electron chi connectivity index (χ1n) is 10.0. The fourth-order valence-electron chi connectivity index (χ4n) is 4.61. The molecule has 136 valence electrons. The van der Waals surface area contributed by atoms with Gasteiger partial charge in [-0.15, -0.1) is 0 Å². The Morgan fingerprint density at radius 3 is 2.77 bits per heavy atom. The van der Waals surface area contributed by atoms with Gasteiger partial charge in [0.05, 0.1) is 0 Å². The standard InChI is InChI=1S/C22H27N3O/c1-2-7-20-18(6-1)19(15-22(26-20)9-5-10-22)24-16-17-8-11-23-21(14-17)25-12-3-4-13-25/h1-2,6-8,11,14,19,24H,3-5,9-10,12-13,15-16H2. The van der Waals surface area contributed by atoms with E-state index in [2.05, 4.69) is 51.6 Å². The molecule has 2 fully saturated rings. The molecule has 1 unspecified atom stereocenters. The lowest BCUT2D eigenvalue weighted by Gasteiger charge is -2.48. The molecule has 1 atom stereocenters. The molecule has 1 spiro atoms. The van der Waals surface area contributed by atoms with E-state index in [0.29, 0.717) is 6.04 Å². The van der Waals surface area contributed by atoms with Crippen LogP contribution in [0.1, 0.15) is 55.7 Å². The highest BCUT2D eigenvalue weighted by Gasteiger charge is 2.45. The second-order valence-electron chi connectivity index (χ2n) is 8.03. The normalized spacial score (nSPS) is 23.4. The smallest absolute Gasteiger partial charge is 0.128 e. The predicted octanol–water partition coefficient (Wildman–Crippen LogP) is 4.22. The molecular formula is C22H27N3O. The van der Waals surface area contributed by atoms with E-state index in [1.54, 1.807) is 0 Å². The first kappa shape index (κ1) is 16.1. The van der Waals surface area contributed by atoms with Crippen molar-refractivity contribution < 1.29 is 4.74 Å². The molecule has 5 rings (SSSR count). The number of rotatable bonds is 4. The highest BCUT2D eigenvalue weighted by atomic mass is 16.5. The minimum absolute atomic E-state index is 0.0744. The van der Waals surface area contributed by atoms with Crippen LogP contribution in [0.4, 0.5) is 5.82 Å². The summed E-state index contributed by atoms with van der Waals surface area (Å²) < 4.78 is 6.37. The average molecular weight is 349 g/mol. The molecule has 2 aliphatic heterocycles. The summed E-state index contributed by atoms with van der Waals surface area (Å²) in [7, 11) is 0. The predicted molar refractivity (Wildman–Crippen MR) is 104 cm³/mol. The fourth-order valence-corrected chi connectivity index (χ4v) is 4.61. The van der Waals surface area contributed by atoms with Crippen LogP contribution in [-0.2, 0) is 6.54 Å². The third-order valence-corrected chi connectivity index (χ3v) is 6.25. The largest absolute Gasteiger partial charge is 0.487 e. The van der Waals surface area contributed by atoms with E-state index in [1.165, 1.54) is 43.2 Å². The van der Waals surface area contributed by atoms with Crippen LogP contribution in [0, 0.1) is 0 Å². The molecule has 1 aromatic heterocycles. The van der Waals surface area contributed by atoms with Gasteiger partial charge >= 0.3 is 0 Å². The maximum Gasteiger partial charge on any atom is 0.128 e. The minimum Gasteiger partial charge on any atom is -0.487 e. The second kappa shape index (κ2) is 6.58. The molecule has 1 aliphatic carbocycles. The molecule has 0 amide bonds. The molecule has 3 heterocycles. The topological polar surface area (TPSA) is 37.4 Å². The lowest BCUT2D eigenvalue weighted by molar-refractivity contribution is -0.0371. The summed E-state index contributed by atoms with van der Waals surface area (Å²) in [5.41, 5.74) is 2.69. The van der Waals surface area contributed by atoms with Crippen molar-refractivity contribution >= 4 is 5.82 Å². The van der Waals surface area contributed by atoms with Gasteiger partial charge in [-0.25, -0.2) is 4.98 Å². The summed E-state index contributed by atoms with van der Waals surface area (Å²) >= 11 is 0. The number of pyridine rings is 1. The molecule has 1 N–H and O–H groups in total. The number of nitrogens with one attached hydrogen (secondary N) is 1. The van der Waals surface area contributed by atoms with Gasteiger partial charge in [0.25, 0.3) is 0 Å². The molecule has 4 heteroatoms. The van der Waals surface area contributed by atoms with Crippen molar-refractivity contribution in [3.63, 3.8) is 0 Å². The van der Waals surface area contributed by atoms with E-state index < -0.39 is 0 Å². The Kier molecular flexibility index (Phi) is 4.08. The fraction of sp³-hybridized carbons (Fsp3) is 0.500. The van der Waals surface area contributed by atoms with Crippen LogP contribution in [0.3, 0.4) is 0 Å². The van der Waals surface area contributed by atoms with Crippen LogP contribution in [0.5, 0.6) is 5.75 Å². The first-order valence-corrected chi connectivity index (χ1v) is 10.0. The van der Waals surface area contributed by atoms with Crippen molar-refractivity contribution in [2.24, 2.45) is 0 Å². The van der Waals surface area contributed by atoms with Gasteiger partial charge in [-0.1, -0.05) is 18.2 Å². The molecular weight excluding hydrogens is 322 g/mol. The van der Waals surface area contributed by atoms with Crippen molar-refractivity contribution in [3.8, 4) is 5.75 Å². The highest BCUT2D eigenvalue weighted by Crippen LogP contribution is 2.48. The number of aromatic nitrogens is 1. The Morgan fingerprint density at radius 2 is 1.96 bits per heavy atom. The number of anilines is 1. The van der Waals surface area contributed by atoms with Gasteiger partial charge < -0.3 is 15.0 Å². The summed E-state index contributed by atoms with van der Waals surface area (Å²) in [6.45, 7) is 3.15. The third-order valence-electron chi connectivity index (χ3n) is 6.25. The van der Waals surface area contributed by atoms with Gasteiger partial charge in [0.1, 0.15) is 17.2 Å². The van der Waals surface area contributed by atoms with E-state index in [-0.39, 0.29) is 5.60 Å².